The molecule has 1 aromatic heterocycles. The molecule has 1 atom stereocenters. The highest BCUT2D eigenvalue weighted by molar-refractivity contribution is 9.11. The van der Waals surface area contributed by atoms with Crippen molar-refractivity contribution < 1.29 is 9.21 Å². The summed E-state index contributed by atoms with van der Waals surface area (Å²) in [6.07, 6.45) is 0. The van der Waals surface area contributed by atoms with Gasteiger partial charge in [0, 0.05) is 27.2 Å². The minimum Gasteiger partial charge on any atom is -0.421 e. The summed E-state index contributed by atoms with van der Waals surface area (Å²) in [5, 5.41) is 1.11. The van der Waals surface area contributed by atoms with E-state index in [2.05, 4.69) is 31.9 Å². The number of carbonyl (C=O) groups is 1. The van der Waals surface area contributed by atoms with Crippen molar-refractivity contribution >= 4 is 72.1 Å². The lowest BCUT2D eigenvalue weighted by Crippen LogP contribution is -2.33. The molecule has 2 aromatic carbocycles. The highest BCUT2D eigenvalue weighted by Crippen LogP contribution is 2.39. The Hall–Kier alpha value is -1.28. The lowest BCUT2D eigenvalue weighted by Gasteiger charge is -2.24. The molecule has 0 unspecified atom stereocenters. The van der Waals surface area contributed by atoms with Gasteiger partial charge >= 0.3 is 5.63 Å². The Morgan fingerprint density at radius 2 is 2.04 bits per heavy atom. The van der Waals surface area contributed by atoms with Gasteiger partial charge in [-0.3, -0.25) is 4.79 Å². The van der Waals surface area contributed by atoms with Gasteiger partial charge < -0.3 is 9.32 Å². The van der Waals surface area contributed by atoms with E-state index >= 15 is 0 Å². The number of rotatable bonds is 2. The lowest BCUT2D eigenvalue weighted by atomic mass is 10.1. The van der Waals surface area contributed by atoms with Crippen LogP contribution < -0.4 is 5.63 Å². The zero-order valence-corrected chi connectivity index (χ0v) is 18.5. The van der Waals surface area contributed by atoms with Crippen LogP contribution in [0.25, 0.3) is 11.0 Å². The van der Waals surface area contributed by atoms with Crippen molar-refractivity contribution in [3.8, 4) is 0 Å². The second-order valence-corrected chi connectivity index (χ2v) is 9.42. The van der Waals surface area contributed by atoms with Crippen LogP contribution in [0.15, 0.2) is 60.6 Å². The molecule has 4 rings (SSSR count). The molecule has 2 heterocycles. The fraction of sp³-hybridized carbons (Fsp3) is 0.158. The van der Waals surface area contributed by atoms with Gasteiger partial charge in [0.2, 0.25) is 0 Å². The van der Waals surface area contributed by atoms with Crippen molar-refractivity contribution in [2.75, 3.05) is 12.3 Å². The van der Waals surface area contributed by atoms with Crippen LogP contribution in [-0.4, -0.2) is 23.1 Å². The molecule has 0 bridgehead atoms. The Labute approximate surface area is 181 Å². The standard InChI is InChI=1S/C19H12Br2ClNO3S/c20-12-6-11-8-14(19(25)26-16(11)15(21)9-12)17(24)23-4-5-27-18(23)10-2-1-3-13(22)7-10/h1-3,6-9,18H,4-5H2/t18-/m0/s1. The number of benzene rings is 2. The molecule has 0 N–H and O–H groups in total. The maximum absolute atomic E-state index is 13.1. The molecule has 0 spiro atoms. The van der Waals surface area contributed by atoms with Gasteiger partial charge in [-0.2, -0.15) is 0 Å². The van der Waals surface area contributed by atoms with E-state index in [-0.39, 0.29) is 16.8 Å². The summed E-state index contributed by atoms with van der Waals surface area (Å²) >= 11 is 14.5. The maximum Gasteiger partial charge on any atom is 0.349 e. The highest BCUT2D eigenvalue weighted by atomic mass is 79.9. The molecular weight excluding hydrogens is 518 g/mol. The van der Waals surface area contributed by atoms with Crippen molar-refractivity contribution in [2.24, 2.45) is 0 Å². The van der Waals surface area contributed by atoms with Crippen molar-refractivity contribution in [2.45, 2.75) is 5.37 Å². The van der Waals surface area contributed by atoms with Gasteiger partial charge in [0.1, 0.15) is 10.9 Å². The van der Waals surface area contributed by atoms with Crippen molar-refractivity contribution in [1.29, 1.82) is 0 Å². The highest BCUT2D eigenvalue weighted by Gasteiger charge is 2.33. The van der Waals surface area contributed by atoms with Crippen molar-refractivity contribution in [3.63, 3.8) is 0 Å². The van der Waals surface area contributed by atoms with E-state index in [1.54, 1.807) is 34.9 Å². The Bertz CT molecular complexity index is 1120. The minimum atomic E-state index is -0.641. The first-order chi connectivity index (χ1) is 12.9. The van der Waals surface area contributed by atoms with E-state index in [0.29, 0.717) is 27.0 Å². The molecule has 8 heteroatoms. The molecule has 1 amide bonds. The maximum atomic E-state index is 13.1. The van der Waals surface area contributed by atoms with Gasteiger partial charge in [0.05, 0.1) is 4.47 Å². The number of carbonyl (C=O) groups excluding carboxylic acids is 1. The van der Waals surface area contributed by atoms with Gasteiger partial charge in [0.15, 0.2) is 5.58 Å². The molecule has 4 nitrogen and oxygen atoms in total. The first-order valence-corrected chi connectivity index (χ1v) is 11.1. The minimum absolute atomic E-state index is 0.0297. The monoisotopic (exact) mass is 527 g/mol. The van der Waals surface area contributed by atoms with Crippen LogP contribution in [0.4, 0.5) is 0 Å². The van der Waals surface area contributed by atoms with Crippen LogP contribution in [0.2, 0.25) is 5.02 Å². The average molecular weight is 530 g/mol. The zero-order chi connectivity index (χ0) is 19.1. The number of fused-ring (bicyclic) bond motifs is 1. The van der Waals surface area contributed by atoms with Gasteiger partial charge in [-0.05, 0) is 51.8 Å². The van der Waals surface area contributed by atoms with E-state index in [1.165, 1.54) is 0 Å². The molecule has 0 aliphatic carbocycles. The number of hydrogen-bond donors (Lipinski definition) is 0. The van der Waals surface area contributed by atoms with Crippen molar-refractivity contribution in [3.05, 3.63) is 78.0 Å². The summed E-state index contributed by atoms with van der Waals surface area (Å²) in [6, 6.07) is 12.6. The van der Waals surface area contributed by atoms with E-state index < -0.39 is 5.63 Å². The predicted octanol–water partition coefficient (Wildman–Crippen LogP) is 5.86. The smallest absolute Gasteiger partial charge is 0.349 e. The van der Waals surface area contributed by atoms with Gasteiger partial charge in [-0.15, -0.1) is 11.8 Å². The number of thioether (sulfide) groups is 1. The summed E-state index contributed by atoms with van der Waals surface area (Å²) in [5.74, 6) is 0.454. The van der Waals surface area contributed by atoms with Gasteiger partial charge in [-0.25, -0.2) is 4.79 Å². The lowest BCUT2D eigenvalue weighted by molar-refractivity contribution is 0.0756. The normalized spacial score (nSPS) is 16.9. The number of amides is 1. The molecule has 1 fully saturated rings. The Morgan fingerprint density at radius 3 is 2.81 bits per heavy atom. The fourth-order valence-electron chi connectivity index (χ4n) is 3.08. The molecule has 138 valence electrons. The van der Waals surface area contributed by atoms with E-state index in [0.717, 1.165) is 15.8 Å². The first kappa shape index (κ1) is 19.1. The second-order valence-electron chi connectivity index (χ2n) is 6.03. The molecule has 1 aliphatic heterocycles. The Balaban J connectivity index is 1.75. The summed E-state index contributed by atoms with van der Waals surface area (Å²) < 4.78 is 6.89. The van der Waals surface area contributed by atoms with Gasteiger partial charge in [-0.1, -0.05) is 39.7 Å². The third-order valence-corrected chi connectivity index (χ3v) is 6.81. The van der Waals surface area contributed by atoms with Crippen LogP contribution in [-0.2, 0) is 0 Å². The summed E-state index contributed by atoms with van der Waals surface area (Å²) in [6.45, 7) is 0.556. The number of hydrogen-bond acceptors (Lipinski definition) is 4. The van der Waals surface area contributed by atoms with Crippen LogP contribution in [0.1, 0.15) is 21.3 Å². The molecule has 1 aliphatic rings. The molecule has 1 saturated heterocycles. The third-order valence-electron chi connectivity index (χ3n) is 4.27. The average Bonchev–Trinajstić information content (AvgIpc) is 3.11. The largest absolute Gasteiger partial charge is 0.421 e. The Kier molecular flexibility index (Phi) is 5.38. The summed E-state index contributed by atoms with van der Waals surface area (Å²) in [7, 11) is 0. The van der Waals surface area contributed by atoms with Crippen molar-refractivity contribution in [1.82, 2.24) is 4.90 Å². The summed E-state index contributed by atoms with van der Waals surface area (Å²) in [4.78, 5) is 27.3. The molecular formula is C19H12Br2ClNO3S. The number of halogens is 3. The topological polar surface area (TPSA) is 50.5 Å². The van der Waals surface area contributed by atoms with E-state index in [9.17, 15) is 9.59 Å². The molecule has 0 saturated carbocycles. The van der Waals surface area contributed by atoms with E-state index in [4.69, 9.17) is 16.0 Å². The number of nitrogens with zero attached hydrogens (tertiary/aromatic N) is 1. The third kappa shape index (κ3) is 3.70. The van der Waals surface area contributed by atoms with Crippen LogP contribution in [0.5, 0.6) is 0 Å². The van der Waals surface area contributed by atoms with E-state index in [1.807, 2.05) is 24.3 Å². The molecule has 3 aromatic rings. The van der Waals surface area contributed by atoms with Crippen LogP contribution >= 0.6 is 55.2 Å². The molecule has 27 heavy (non-hydrogen) atoms. The first-order valence-electron chi connectivity index (χ1n) is 8.05. The van der Waals surface area contributed by atoms with Crippen LogP contribution in [0.3, 0.4) is 0 Å². The van der Waals surface area contributed by atoms with Crippen LogP contribution in [0, 0.1) is 0 Å². The summed E-state index contributed by atoms with van der Waals surface area (Å²) in [5.41, 5.74) is 0.746. The Morgan fingerprint density at radius 1 is 1.22 bits per heavy atom. The zero-order valence-electron chi connectivity index (χ0n) is 13.7. The fourth-order valence-corrected chi connectivity index (χ4v) is 5.86. The van der Waals surface area contributed by atoms with Gasteiger partial charge in [0.25, 0.3) is 5.91 Å². The quantitative estimate of drug-likeness (QED) is 0.391. The SMILES string of the molecule is O=C(c1cc2cc(Br)cc(Br)c2oc1=O)N1CCS[C@H]1c1cccc(Cl)c1. The molecule has 0 radical (unpaired) electrons. The predicted molar refractivity (Wildman–Crippen MR) is 116 cm³/mol. The second kappa shape index (κ2) is 7.62.